The first kappa shape index (κ1) is 11.8. The first-order chi connectivity index (χ1) is 8.16. The number of carbonyl (C=O) groups is 1. The Morgan fingerprint density at radius 1 is 1.47 bits per heavy atom. The van der Waals surface area contributed by atoms with Gasteiger partial charge in [0, 0.05) is 17.9 Å². The van der Waals surface area contributed by atoms with Gasteiger partial charge in [0.1, 0.15) is 6.61 Å². The second kappa shape index (κ2) is 5.08. The highest BCUT2D eigenvalue weighted by Gasteiger charge is 2.23. The van der Waals surface area contributed by atoms with Crippen LogP contribution in [0, 0.1) is 5.92 Å². The Labute approximate surface area is 102 Å². The van der Waals surface area contributed by atoms with E-state index < -0.39 is 0 Å². The normalized spacial score (nSPS) is 15.2. The number of nitrogens with one attached hydrogen (secondary N) is 1. The highest BCUT2D eigenvalue weighted by Crippen LogP contribution is 2.22. The van der Waals surface area contributed by atoms with Crippen LogP contribution >= 0.6 is 0 Å². The minimum absolute atomic E-state index is 0.258. The summed E-state index contributed by atoms with van der Waals surface area (Å²) < 4.78 is 4.92. The van der Waals surface area contributed by atoms with E-state index in [2.05, 4.69) is 19.2 Å². The summed E-state index contributed by atoms with van der Waals surface area (Å²) in [5.74, 6) is 0.593. The first-order valence-corrected chi connectivity index (χ1v) is 5.95. The maximum absolute atomic E-state index is 11.4. The molecule has 0 bridgehead atoms. The lowest BCUT2D eigenvalue weighted by molar-refractivity contribution is 0.181. The zero-order valence-corrected chi connectivity index (χ0v) is 10.3. The van der Waals surface area contributed by atoms with Crippen LogP contribution in [0.4, 0.5) is 16.2 Å². The van der Waals surface area contributed by atoms with Crippen LogP contribution in [0.25, 0.3) is 0 Å². The van der Waals surface area contributed by atoms with Crippen LogP contribution < -0.4 is 10.2 Å². The molecule has 1 aromatic rings. The Kier molecular flexibility index (Phi) is 3.52. The SMILES string of the molecule is CC(C)CNc1cccc(N2CCOC2=O)c1. The van der Waals surface area contributed by atoms with Crippen molar-refractivity contribution in [2.45, 2.75) is 13.8 Å². The number of hydrogen-bond donors (Lipinski definition) is 1. The number of ether oxygens (including phenoxy) is 1. The second-order valence-electron chi connectivity index (χ2n) is 4.59. The molecule has 0 saturated carbocycles. The van der Waals surface area contributed by atoms with Crippen LogP contribution in [0.3, 0.4) is 0 Å². The van der Waals surface area contributed by atoms with Gasteiger partial charge >= 0.3 is 6.09 Å². The van der Waals surface area contributed by atoms with Crippen molar-refractivity contribution >= 4 is 17.5 Å². The molecule has 17 heavy (non-hydrogen) atoms. The van der Waals surface area contributed by atoms with Crippen molar-refractivity contribution in [3.05, 3.63) is 24.3 Å². The van der Waals surface area contributed by atoms with Crippen LogP contribution in [-0.2, 0) is 4.74 Å². The van der Waals surface area contributed by atoms with Crippen LogP contribution in [-0.4, -0.2) is 25.8 Å². The smallest absolute Gasteiger partial charge is 0.414 e. The molecule has 1 amide bonds. The van der Waals surface area contributed by atoms with Crippen molar-refractivity contribution in [3.63, 3.8) is 0 Å². The van der Waals surface area contributed by atoms with Crippen molar-refractivity contribution in [2.24, 2.45) is 5.92 Å². The maximum atomic E-state index is 11.4. The summed E-state index contributed by atoms with van der Waals surface area (Å²) in [5.41, 5.74) is 1.93. The van der Waals surface area contributed by atoms with E-state index in [-0.39, 0.29) is 6.09 Å². The number of nitrogens with zero attached hydrogens (tertiary/aromatic N) is 1. The molecule has 4 nitrogen and oxygen atoms in total. The Morgan fingerprint density at radius 2 is 2.29 bits per heavy atom. The zero-order chi connectivity index (χ0) is 12.3. The lowest BCUT2D eigenvalue weighted by Gasteiger charge is -2.15. The summed E-state index contributed by atoms with van der Waals surface area (Å²) in [6.45, 7) is 6.35. The second-order valence-corrected chi connectivity index (χ2v) is 4.59. The third kappa shape index (κ3) is 2.90. The number of hydrogen-bond acceptors (Lipinski definition) is 3. The van der Waals surface area contributed by atoms with Crippen molar-refractivity contribution in [2.75, 3.05) is 29.9 Å². The number of cyclic esters (lactones) is 1. The molecule has 0 aliphatic carbocycles. The molecular formula is C13H18N2O2. The van der Waals surface area contributed by atoms with E-state index in [1.807, 2.05) is 24.3 Å². The highest BCUT2D eigenvalue weighted by molar-refractivity contribution is 5.89. The van der Waals surface area contributed by atoms with Gasteiger partial charge in [-0.1, -0.05) is 19.9 Å². The van der Waals surface area contributed by atoms with E-state index in [9.17, 15) is 4.79 Å². The Morgan fingerprint density at radius 3 is 2.94 bits per heavy atom. The first-order valence-electron chi connectivity index (χ1n) is 5.95. The largest absolute Gasteiger partial charge is 0.447 e. The van der Waals surface area contributed by atoms with Crippen LogP contribution in [0.2, 0.25) is 0 Å². The van der Waals surface area contributed by atoms with Gasteiger partial charge in [0.2, 0.25) is 0 Å². The van der Waals surface area contributed by atoms with Gasteiger partial charge in [-0.05, 0) is 24.1 Å². The Bertz CT molecular complexity index is 404. The van der Waals surface area contributed by atoms with Gasteiger partial charge in [-0.15, -0.1) is 0 Å². The van der Waals surface area contributed by atoms with E-state index in [1.165, 1.54) is 0 Å². The molecule has 0 spiro atoms. The standard InChI is InChI=1S/C13H18N2O2/c1-10(2)9-14-11-4-3-5-12(8-11)15-6-7-17-13(15)16/h3-5,8,10,14H,6-7,9H2,1-2H3. The fourth-order valence-corrected chi connectivity index (χ4v) is 1.73. The molecule has 1 aliphatic rings. The molecule has 1 saturated heterocycles. The van der Waals surface area contributed by atoms with Gasteiger partial charge in [-0.3, -0.25) is 4.90 Å². The molecule has 1 N–H and O–H groups in total. The summed E-state index contributed by atoms with van der Waals surface area (Å²) in [6, 6.07) is 7.86. The molecular weight excluding hydrogens is 216 g/mol. The molecule has 0 atom stereocenters. The third-order valence-corrected chi connectivity index (χ3v) is 2.63. The van der Waals surface area contributed by atoms with Gasteiger partial charge in [0.15, 0.2) is 0 Å². The van der Waals surface area contributed by atoms with Gasteiger partial charge in [0.05, 0.1) is 6.54 Å². The van der Waals surface area contributed by atoms with Crippen LogP contribution in [0.15, 0.2) is 24.3 Å². The van der Waals surface area contributed by atoms with Crippen LogP contribution in [0.1, 0.15) is 13.8 Å². The number of rotatable bonds is 4. The number of carbonyl (C=O) groups excluding carboxylic acids is 1. The minimum Gasteiger partial charge on any atom is -0.447 e. The minimum atomic E-state index is -0.258. The summed E-state index contributed by atoms with van der Waals surface area (Å²) >= 11 is 0. The average Bonchev–Trinajstić information content (AvgIpc) is 2.73. The summed E-state index contributed by atoms with van der Waals surface area (Å²) in [6.07, 6.45) is -0.258. The van der Waals surface area contributed by atoms with E-state index in [0.29, 0.717) is 19.1 Å². The predicted octanol–water partition coefficient (Wildman–Crippen LogP) is 2.71. The number of benzene rings is 1. The summed E-state index contributed by atoms with van der Waals surface area (Å²) in [7, 11) is 0. The zero-order valence-electron chi connectivity index (χ0n) is 10.3. The Balaban J connectivity index is 2.08. The summed E-state index contributed by atoms with van der Waals surface area (Å²) in [4.78, 5) is 13.1. The molecule has 0 radical (unpaired) electrons. The van der Waals surface area contributed by atoms with Crippen molar-refractivity contribution in [1.82, 2.24) is 0 Å². The van der Waals surface area contributed by atoms with E-state index in [0.717, 1.165) is 17.9 Å². The molecule has 92 valence electrons. The molecule has 1 aromatic carbocycles. The van der Waals surface area contributed by atoms with E-state index >= 15 is 0 Å². The fourth-order valence-electron chi connectivity index (χ4n) is 1.73. The van der Waals surface area contributed by atoms with Crippen LogP contribution in [0.5, 0.6) is 0 Å². The lowest BCUT2D eigenvalue weighted by Crippen LogP contribution is -2.23. The highest BCUT2D eigenvalue weighted by atomic mass is 16.6. The number of anilines is 2. The number of amides is 1. The fraction of sp³-hybridized carbons (Fsp3) is 0.462. The summed E-state index contributed by atoms with van der Waals surface area (Å²) in [5, 5.41) is 3.34. The third-order valence-electron chi connectivity index (χ3n) is 2.63. The van der Waals surface area contributed by atoms with Gasteiger partial charge in [0.25, 0.3) is 0 Å². The quantitative estimate of drug-likeness (QED) is 0.871. The lowest BCUT2D eigenvalue weighted by atomic mass is 10.2. The molecule has 1 heterocycles. The van der Waals surface area contributed by atoms with Gasteiger partial charge in [-0.2, -0.15) is 0 Å². The van der Waals surface area contributed by atoms with Crippen molar-refractivity contribution < 1.29 is 9.53 Å². The van der Waals surface area contributed by atoms with E-state index in [4.69, 9.17) is 4.74 Å². The average molecular weight is 234 g/mol. The molecule has 1 aliphatic heterocycles. The topological polar surface area (TPSA) is 41.6 Å². The molecule has 4 heteroatoms. The van der Waals surface area contributed by atoms with Crippen molar-refractivity contribution in [1.29, 1.82) is 0 Å². The Hall–Kier alpha value is -1.71. The molecule has 0 aromatic heterocycles. The van der Waals surface area contributed by atoms with Gasteiger partial charge in [-0.25, -0.2) is 4.79 Å². The monoisotopic (exact) mass is 234 g/mol. The molecule has 1 fully saturated rings. The van der Waals surface area contributed by atoms with Gasteiger partial charge < -0.3 is 10.1 Å². The van der Waals surface area contributed by atoms with Crippen molar-refractivity contribution in [3.8, 4) is 0 Å². The molecule has 0 unspecified atom stereocenters. The maximum Gasteiger partial charge on any atom is 0.414 e. The van der Waals surface area contributed by atoms with E-state index in [1.54, 1.807) is 4.90 Å². The molecule has 2 rings (SSSR count). The predicted molar refractivity (Wildman–Crippen MR) is 68.5 cm³/mol.